The van der Waals surface area contributed by atoms with Crippen LogP contribution >= 0.6 is 34.2 Å². The van der Waals surface area contributed by atoms with Crippen LogP contribution in [0.4, 0.5) is 5.69 Å². The van der Waals surface area contributed by atoms with Gasteiger partial charge in [0.1, 0.15) is 5.69 Å². The molecule has 16 heavy (non-hydrogen) atoms. The maximum atomic E-state index is 11.7. The molecule has 3 nitrogen and oxygen atoms in total. The second-order valence-electron chi connectivity index (χ2n) is 3.16. The summed E-state index contributed by atoms with van der Waals surface area (Å²) >= 11 is 7.96. The first-order valence-corrected chi connectivity index (χ1v) is 6.02. The molecule has 0 saturated carbocycles. The van der Waals surface area contributed by atoms with Gasteiger partial charge in [-0.3, -0.25) is 4.79 Å². The van der Waals surface area contributed by atoms with Gasteiger partial charge in [0.25, 0.3) is 5.91 Å². The number of hydrogen-bond donors (Lipinski definition) is 2. The van der Waals surface area contributed by atoms with E-state index in [0.29, 0.717) is 10.7 Å². The van der Waals surface area contributed by atoms with Crippen molar-refractivity contribution >= 4 is 45.8 Å². The molecule has 1 aromatic heterocycles. The van der Waals surface area contributed by atoms with E-state index >= 15 is 0 Å². The quantitative estimate of drug-likeness (QED) is 0.803. The largest absolute Gasteiger partial charge is 0.357 e. The van der Waals surface area contributed by atoms with Crippen molar-refractivity contribution in [3.05, 3.63) is 50.8 Å². The number of halogens is 2. The van der Waals surface area contributed by atoms with Crippen molar-refractivity contribution < 1.29 is 4.79 Å². The van der Waals surface area contributed by atoms with Crippen molar-refractivity contribution in [2.45, 2.75) is 0 Å². The van der Waals surface area contributed by atoms with E-state index in [2.05, 4.69) is 32.9 Å². The highest BCUT2D eigenvalue weighted by Gasteiger charge is 2.08. The molecule has 0 atom stereocenters. The lowest BCUT2D eigenvalue weighted by Crippen LogP contribution is -2.12. The predicted octanol–water partition coefficient (Wildman–Crippen LogP) is 3.53. The summed E-state index contributed by atoms with van der Waals surface area (Å²) in [4.78, 5) is 14.6. The average molecular weight is 347 g/mol. The molecule has 2 aromatic rings. The fourth-order valence-electron chi connectivity index (χ4n) is 1.25. The number of anilines is 1. The van der Waals surface area contributed by atoms with E-state index < -0.39 is 0 Å². The zero-order chi connectivity index (χ0) is 11.5. The molecule has 0 saturated heterocycles. The molecule has 1 amide bonds. The van der Waals surface area contributed by atoms with Crippen molar-refractivity contribution in [1.29, 1.82) is 0 Å². The van der Waals surface area contributed by atoms with Gasteiger partial charge in [0, 0.05) is 14.8 Å². The molecule has 5 heteroatoms. The highest BCUT2D eigenvalue weighted by atomic mass is 127. The fraction of sp³-hybridized carbons (Fsp3) is 0. The molecule has 0 aliphatic heterocycles. The predicted molar refractivity (Wildman–Crippen MR) is 72.9 cm³/mol. The molecule has 1 aromatic carbocycles. The minimum atomic E-state index is -0.162. The van der Waals surface area contributed by atoms with Crippen LogP contribution in [-0.2, 0) is 0 Å². The van der Waals surface area contributed by atoms with Crippen molar-refractivity contribution in [3.63, 3.8) is 0 Å². The number of H-pyrrole nitrogens is 1. The first-order valence-electron chi connectivity index (χ1n) is 4.56. The normalized spacial score (nSPS) is 10.1. The Bertz CT molecular complexity index is 511. The van der Waals surface area contributed by atoms with E-state index in [1.807, 2.05) is 0 Å². The SMILES string of the molecule is O=C(Nc1ccc(Cl)cc1I)c1ccc[nH]1. The number of aromatic amines is 1. The summed E-state index contributed by atoms with van der Waals surface area (Å²) in [5.74, 6) is -0.162. The third-order valence-electron chi connectivity index (χ3n) is 2.02. The molecule has 1 heterocycles. The van der Waals surface area contributed by atoms with Gasteiger partial charge in [-0.1, -0.05) is 11.6 Å². The van der Waals surface area contributed by atoms with Gasteiger partial charge in [0.15, 0.2) is 0 Å². The third-order valence-corrected chi connectivity index (χ3v) is 3.15. The maximum Gasteiger partial charge on any atom is 0.272 e. The molecular formula is C11H8ClIN2O. The molecule has 82 valence electrons. The first kappa shape index (κ1) is 11.5. The van der Waals surface area contributed by atoms with Gasteiger partial charge in [-0.25, -0.2) is 0 Å². The number of amides is 1. The zero-order valence-electron chi connectivity index (χ0n) is 8.13. The van der Waals surface area contributed by atoms with Crippen molar-refractivity contribution in [2.24, 2.45) is 0 Å². The van der Waals surface area contributed by atoms with Gasteiger partial charge in [0.2, 0.25) is 0 Å². The Labute approximate surface area is 111 Å². The van der Waals surface area contributed by atoms with Crippen LogP contribution in [0.15, 0.2) is 36.5 Å². The summed E-state index contributed by atoms with van der Waals surface area (Å²) in [7, 11) is 0. The average Bonchev–Trinajstić information content (AvgIpc) is 2.75. The second-order valence-corrected chi connectivity index (χ2v) is 4.76. The number of benzene rings is 1. The number of carbonyl (C=O) groups is 1. The second kappa shape index (κ2) is 4.88. The van der Waals surface area contributed by atoms with E-state index in [9.17, 15) is 4.79 Å². The molecule has 2 rings (SSSR count). The highest BCUT2D eigenvalue weighted by molar-refractivity contribution is 14.1. The standard InChI is InChI=1S/C11H8ClIN2O/c12-7-3-4-9(8(13)6-7)15-11(16)10-2-1-5-14-10/h1-6,14H,(H,15,16). The van der Waals surface area contributed by atoms with Crippen LogP contribution in [0.3, 0.4) is 0 Å². The Morgan fingerprint density at radius 1 is 1.38 bits per heavy atom. The van der Waals surface area contributed by atoms with Crippen LogP contribution in [0, 0.1) is 3.57 Å². The van der Waals surface area contributed by atoms with Crippen LogP contribution in [0.25, 0.3) is 0 Å². The molecular weight excluding hydrogens is 338 g/mol. The smallest absolute Gasteiger partial charge is 0.272 e. The summed E-state index contributed by atoms with van der Waals surface area (Å²) in [5, 5.41) is 3.46. The minimum absolute atomic E-state index is 0.162. The van der Waals surface area contributed by atoms with Crippen molar-refractivity contribution in [1.82, 2.24) is 4.98 Å². The summed E-state index contributed by atoms with van der Waals surface area (Å²) in [6, 6.07) is 8.82. The van der Waals surface area contributed by atoms with Crippen LogP contribution in [0.2, 0.25) is 5.02 Å². The van der Waals surface area contributed by atoms with Gasteiger partial charge in [-0.2, -0.15) is 0 Å². The Morgan fingerprint density at radius 3 is 2.81 bits per heavy atom. The third kappa shape index (κ3) is 2.56. The van der Waals surface area contributed by atoms with E-state index in [-0.39, 0.29) is 5.91 Å². The molecule has 0 spiro atoms. The van der Waals surface area contributed by atoms with E-state index in [4.69, 9.17) is 11.6 Å². The van der Waals surface area contributed by atoms with Gasteiger partial charge in [0.05, 0.1) is 5.69 Å². The first-order chi connectivity index (χ1) is 7.66. The number of aromatic nitrogens is 1. The molecule has 0 aliphatic rings. The molecule has 0 fully saturated rings. The molecule has 2 N–H and O–H groups in total. The zero-order valence-corrected chi connectivity index (χ0v) is 11.0. The van der Waals surface area contributed by atoms with E-state index in [1.165, 1.54) is 0 Å². The summed E-state index contributed by atoms with van der Waals surface area (Å²) in [6.45, 7) is 0. The summed E-state index contributed by atoms with van der Waals surface area (Å²) in [6.07, 6.45) is 1.71. The fourth-order valence-corrected chi connectivity index (χ4v) is 2.26. The van der Waals surface area contributed by atoms with Gasteiger partial charge in [-0.15, -0.1) is 0 Å². The Hall–Kier alpha value is -1.01. The number of carbonyl (C=O) groups excluding carboxylic acids is 1. The topological polar surface area (TPSA) is 44.9 Å². The summed E-state index contributed by atoms with van der Waals surface area (Å²) < 4.78 is 0.907. The van der Waals surface area contributed by atoms with Crippen LogP contribution < -0.4 is 5.32 Å². The Morgan fingerprint density at radius 2 is 2.19 bits per heavy atom. The molecule has 0 unspecified atom stereocenters. The van der Waals surface area contributed by atoms with Crippen molar-refractivity contribution in [2.75, 3.05) is 5.32 Å². The van der Waals surface area contributed by atoms with Crippen LogP contribution in [0.1, 0.15) is 10.5 Å². The lowest BCUT2D eigenvalue weighted by Gasteiger charge is -2.06. The van der Waals surface area contributed by atoms with E-state index in [0.717, 1.165) is 9.26 Å². The number of rotatable bonds is 2. The van der Waals surface area contributed by atoms with Crippen LogP contribution in [0.5, 0.6) is 0 Å². The number of hydrogen-bond acceptors (Lipinski definition) is 1. The molecule has 0 aliphatic carbocycles. The molecule has 0 radical (unpaired) electrons. The summed E-state index contributed by atoms with van der Waals surface area (Å²) in [5.41, 5.74) is 1.29. The van der Waals surface area contributed by atoms with Gasteiger partial charge in [-0.05, 0) is 52.9 Å². The van der Waals surface area contributed by atoms with E-state index in [1.54, 1.807) is 36.5 Å². The Kier molecular flexibility index (Phi) is 3.50. The maximum absolute atomic E-state index is 11.7. The lowest BCUT2D eigenvalue weighted by atomic mass is 10.3. The van der Waals surface area contributed by atoms with Gasteiger partial charge >= 0.3 is 0 Å². The van der Waals surface area contributed by atoms with Crippen molar-refractivity contribution in [3.8, 4) is 0 Å². The van der Waals surface area contributed by atoms with Crippen LogP contribution in [-0.4, -0.2) is 10.9 Å². The Balaban J connectivity index is 2.18. The monoisotopic (exact) mass is 346 g/mol. The van der Waals surface area contributed by atoms with Gasteiger partial charge < -0.3 is 10.3 Å². The lowest BCUT2D eigenvalue weighted by molar-refractivity contribution is 0.102. The molecule has 0 bridgehead atoms. The number of nitrogens with one attached hydrogen (secondary N) is 2. The highest BCUT2D eigenvalue weighted by Crippen LogP contribution is 2.22. The minimum Gasteiger partial charge on any atom is -0.357 e.